The van der Waals surface area contributed by atoms with E-state index in [2.05, 4.69) is 24.1 Å². The Kier molecular flexibility index (Phi) is 10.4. The minimum Gasteiger partial charge on any atom is -0.348 e. The van der Waals surface area contributed by atoms with Gasteiger partial charge in [0.1, 0.15) is 11.6 Å². The Balaban J connectivity index is 1.87. The third-order valence-electron chi connectivity index (χ3n) is 6.66. The van der Waals surface area contributed by atoms with E-state index < -0.39 is 11.6 Å². The first-order valence-electron chi connectivity index (χ1n) is 13.1. The summed E-state index contributed by atoms with van der Waals surface area (Å²) in [5.41, 5.74) is 2.61. The largest absolute Gasteiger partial charge is 0.348 e. The third kappa shape index (κ3) is 8.40. The SMILES string of the molecule is CC(=O)N1CCCCCCCN(CCC(C)C)Cc2cc(C(=O)NCc3cc(F)cc(F)c3)ccc21. The molecule has 196 valence electrons. The Morgan fingerprint density at radius 1 is 0.944 bits per heavy atom. The lowest BCUT2D eigenvalue weighted by atomic mass is 10.0. The van der Waals surface area contributed by atoms with E-state index in [0.717, 1.165) is 56.1 Å². The van der Waals surface area contributed by atoms with Gasteiger partial charge < -0.3 is 10.2 Å². The zero-order valence-corrected chi connectivity index (χ0v) is 21.8. The number of benzene rings is 2. The maximum atomic E-state index is 13.5. The van der Waals surface area contributed by atoms with Crippen LogP contribution in [0.15, 0.2) is 36.4 Å². The van der Waals surface area contributed by atoms with Gasteiger partial charge in [-0.15, -0.1) is 0 Å². The number of hydrogen-bond donors (Lipinski definition) is 1. The topological polar surface area (TPSA) is 52.7 Å². The van der Waals surface area contributed by atoms with E-state index >= 15 is 0 Å². The molecule has 2 aromatic rings. The van der Waals surface area contributed by atoms with Crippen molar-refractivity contribution in [3.63, 3.8) is 0 Å². The summed E-state index contributed by atoms with van der Waals surface area (Å²) in [6.45, 7) is 9.29. The standard InChI is InChI=1S/C29H39F2N3O2/c1-21(2)11-14-33-12-7-5-4-6-8-13-34(22(3)35)28-10-9-24(17-25(28)20-33)29(36)32-19-23-15-26(30)18-27(31)16-23/h9-10,15-18,21H,4-8,11-14,19-20H2,1-3H3,(H,32,36). The zero-order valence-electron chi connectivity index (χ0n) is 21.8. The first-order valence-corrected chi connectivity index (χ1v) is 13.1. The van der Waals surface area contributed by atoms with Gasteiger partial charge in [0, 0.05) is 43.9 Å². The highest BCUT2D eigenvalue weighted by atomic mass is 19.1. The monoisotopic (exact) mass is 499 g/mol. The fourth-order valence-corrected chi connectivity index (χ4v) is 4.65. The number of nitrogens with zero attached hydrogens (tertiary/aromatic N) is 2. The van der Waals surface area contributed by atoms with E-state index in [-0.39, 0.29) is 18.4 Å². The van der Waals surface area contributed by atoms with E-state index in [1.165, 1.54) is 25.0 Å². The van der Waals surface area contributed by atoms with Crippen molar-refractivity contribution in [1.82, 2.24) is 10.2 Å². The van der Waals surface area contributed by atoms with Crippen LogP contribution >= 0.6 is 0 Å². The van der Waals surface area contributed by atoms with Crippen LogP contribution in [-0.2, 0) is 17.9 Å². The van der Waals surface area contributed by atoms with Crippen molar-refractivity contribution in [1.29, 1.82) is 0 Å². The summed E-state index contributed by atoms with van der Waals surface area (Å²) in [5, 5.41) is 2.76. The van der Waals surface area contributed by atoms with Crippen LogP contribution in [-0.4, -0.2) is 36.3 Å². The van der Waals surface area contributed by atoms with Gasteiger partial charge in [-0.05, 0) is 79.7 Å². The quantitative estimate of drug-likeness (QED) is 0.526. The molecule has 0 radical (unpaired) electrons. The van der Waals surface area contributed by atoms with Crippen LogP contribution in [0, 0.1) is 17.6 Å². The Bertz CT molecular complexity index is 1020. The van der Waals surface area contributed by atoms with Crippen molar-refractivity contribution < 1.29 is 18.4 Å². The van der Waals surface area contributed by atoms with Crippen molar-refractivity contribution >= 4 is 17.5 Å². The Hall–Kier alpha value is -2.80. The Morgan fingerprint density at radius 2 is 1.61 bits per heavy atom. The molecule has 2 amide bonds. The summed E-state index contributed by atoms with van der Waals surface area (Å²) >= 11 is 0. The van der Waals surface area contributed by atoms with Gasteiger partial charge >= 0.3 is 0 Å². The number of rotatable bonds is 6. The molecule has 1 N–H and O–H groups in total. The van der Waals surface area contributed by atoms with Gasteiger partial charge in [0.2, 0.25) is 5.91 Å². The summed E-state index contributed by atoms with van der Waals surface area (Å²) in [6.07, 6.45) is 6.60. The second-order valence-electron chi connectivity index (χ2n) is 10.2. The molecule has 0 saturated carbocycles. The molecular weight excluding hydrogens is 460 g/mol. The lowest BCUT2D eigenvalue weighted by Gasteiger charge is -2.29. The average molecular weight is 500 g/mol. The number of hydrogen-bond acceptors (Lipinski definition) is 3. The van der Waals surface area contributed by atoms with Gasteiger partial charge in [0.05, 0.1) is 0 Å². The molecule has 0 saturated heterocycles. The number of anilines is 1. The predicted molar refractivity (Wildman–Crippen MR) is 140 cm³/mol. The van der Waals surface area contributed by atoms with E-state index in [0.29, 0.717) is 30.1 Å². The van der Waals surface area contributed by atoms with Crippen LogP contribution in [0.25, 0.3) is 0 Å². The molecule has 0 bridgehead atoms. The molecule has 0 aromatic heterocycles. The highest BCUT2D eigenvalue weighted by Gasteiger charge is 2.20. The molecule has 1 heterocycles. The Morgan fingerprint density at radius 3 is 2.28 bits per heavy atom. The van der Waals surface area contributed by atoms with Crippen LogP contribution in [0.5, 0.6) is 0 Å². The van der Waals surface area contributed by atoms with Crippen molar-refractivity contribution in [3.8, 4) is 0 Å². The lowest BCUT2D eigenvalue weighted by molar-refractivity contribution is -0.116. The van der Waals surface area contributed by atoms with Gasteiger partial charge in [-0.3, -0.25) is 14.5 Å². The van der Waals surface area contributed by atoms with Gasteiger partial charge in [-0.25, -0.2) is 8.78 Å². The van der Waals surface area contributed by atoms with Crippen molar-refractivity contribution in [2.45, 2.75) is 72.4 Å². The highest BCUT2D eigenvalue weighted by Crippen LogP contribution is 2.26. The summed E-state index contributed by atoms with van der Waals surface area (Å²) in [4.78, 5) is 29.8. The van der Waals surface area contributed by atoms with Gasteiger partial charge in [-0.2, -0.15) is 0 Å². The average Bonchev–Trinajstić information content (AvgIpc) is 2.81. The minimum absolute atomic E-state index is 0.00706. The van der Waals surface area contributed by atoms with Gasteiger partial charge in [0.25, 0.3) is 5.91 Å². The van der Waals surface area contributed by atoms with Crippen LogP contribution in [0.1, 0.15) is 80.8 Å². The first kappa shape index (κ1) is 27.8. The predicted octanol–water partition coefficient (Wildman–Crippen LogP) is 6.06. The van der Waals surface area contributed by atoms with Crippen LogP contribution in [0.3, 0.4) is 0 Å². The van der Waals surface area contributed by atoms with Crippen LogP contribution in [0.4, 0.5) is 14.5 Å². The second-order valence-corrected chi connectivity index (χ2v) is 10.2. The number of carbonyl (C=O) groups is 2. The van der Waals surface area contributed by atoms with E-state index in [1.807, 2.05) is 17.0 Å². The molecule has 2 aromatic carbocycles. The second kappa shape index (κ2) is 13.5. The number of halogens is 2. The van der Waals surface area contributed by atoms with Crippen LogP contribution in [0.2, 0.25) is 0 Å². The normalized spacial score (nSPS) is 15.7. The molecule has 0 aliphatic carbocycles. The lowest BCUT2D eigenvalue weighted by Crippen LogP contribution is -2.33. The zero-order chi connectivity index (χ0) is 26.1. The smallest absolute Gasteiger partial charge is 0.251 e. The molecule has 5 nitrogen and oxygen atoms in total. The van der Waals surface area contributed by atoms with Crippen molar-refractivity contribution in [3.05, 3.63) is 64.7 Å². The Labute approximate surface area is 213 Å². The molecule has 1 aliphatic rings. The molecule has 0 unspecified atom stereocenters. The molecular formula is C29H39F2N3O2. The molecule has 7 heteroatoms. The van der Waals surface area contributed by atoms with E-state index in [9.17, 15) is 18.4 Å². The fraction of sp³-hybridized carbons (Fsp3) is 0.517. The number of nitrogens with one attached hydrogen (secondary N) is 1. The number of carbonyl (C=O) groups excluding carboxylic acids is 2. The van der Waals surface area contributed by atoms with E-state index in [4.69, 9.17) is 0 Å². The van der Waals surface area contributed by atoms with Gasteiger partial charge in [0.15, 0.2) is 0 Å². The third-order valence-corrected chi connectivity index (χ3v) is 6.66. The van der Waals surface area contributed by atoms with Crippen molar-refractivity contribution in [2.75, 3.05) is 24.5 Å². The molecule has 0 fully saturated rings. The van der Waals surface area contributed by atoms with Gasteiger partial charge in [-0.1, -0.05) is 33.1 Å². The maximum Gasteiger partial charge on any atom is 0.251 e. The molecule has 36 heavy (non-hydrogen) atoms. The molecule has 3 rings (SSSR count). The highest BCUT2D eigenvalue weighted by molar-refractivity contribution is 5.97. The van der Waals surface area contributed by atoms with Crippen molar-refractivity contribution in [2.24, 2.45) is 5.92 Å². The summed E-state index contributed by atoms with van der Waals surface area (Å²) in [6, 6.07) is 8.67. The summed E-state index contributed by atoms with van der Waals surface area (Å²) < 4.78 is 27.0. The molecule has 0 atom stereocenters. The number of fused-ring (bicyclic) bond motifs is 1. The van der Waals surface area contributed by atoms with Crippen LogP contribution < -0.4 is 10.2 Å². The summed E-state index contributed by atoms with van der Waals surface area (Å²) in [5.74, 6) is -1.09. The molecule has 0 spiro atoms. The fourth-order valence-electron chi connectivity index (χ4n) is 4.65. The van der Waals surface area contributed by atoms with E-state index in [1.54, 1.807) is 13.0 Å². The minimum atomic E-state index is -0.676. The molecule has 1 aliphatic heterocycles. The number of amides is 2. The summed E-state index contributed by atoms with van der Waals surface area (Å²) in [7, 11) is 0. The first-order chi connectivity index (χ1) is 17.2. The maximum absolute atomic E-state index is 13.5.